The van der Waals surface area contributed by atoms with Crippen molar-refractivity contribution in [2.45, 2.75) is 25.3 Å². The number of ether oxygens (including phenoxy) is 1. The van der Waals surface area contributed by atoms with Crippen molar-refractivity contribution in [3.63, 3.8) is 0 Å². The molecule has 0 aliphatic carbocycles. The largest absolute Gasteiger partial charge is 0.381 e. The molecule has 1 saturated heterocycles. The summed E-state index contributed by atoms with van der Waals surface area (Å²) >= 11 is 7.46. The first kappa shape index (κ1) is 12.8. The third-order valence-electron chi connectivity index (χ3n) is 2.94. The molecule has 2 heterocycles. The Balaban J connectivity index is 2.05. The fraction of sp³-hybridized carbons (Fsp3) is 0.636. The maximum Gasteiger partial charge on any atom is 0.271 e. The van der Waals surface area contributed by atoms with Gasteiger partial charge in [-0.2, -0.15) is 0 Å². The van der Waals surface area contributed by atoms with E-state index in [2.05, 4.69) is 10.3 Å². The SMILES string of the molecule is Cc1nc(C(=O)NC2(CCl)CCOCC2)cs1. The van der Waals surface area contributed by atoms with Gasteiger partial charge in [0.1, 0.15) is 5.69 Å². The lowest BCUT2D eigenvalue weighted by Gasteiger charge is -2.36. The number of halogens is 1. The summed E-state index contributed by atoms with van der Waals surface area (Å²) in [4.78, 5) is 16.2. The summed E-state index contributed by atoms with van der Waals surface area (Å²) in [6, 6.07) is 0. The number of alkyl halides is 1. The molecular weight excluding hydrogens is 260 g/mol. The van der Waals surface area contributed by atoms with Crippen LogP contribution in [-0.2, 0) is 4.74 Å². The van der Waals surface area contributed by atoms with E-state index in [0.717, 1.165) is 17.8 Å². The minimum absolute atomic E-state index is 0.142. The van der Waals surface area contributed by atoms with E-state index in [1.807, 2.05) is 6.92 Å². The van der Waals surface area contributed by atoms with E-state index in [1.54, 1.807) is 5.38 Å². The Bertz CT molecular complexity index is 402. The second-order valence-corrected chi connectivity index (χ2v) is 5.56. The Hall–Kier alpha value is -0.650. The Kier molecular flexibility index (Phi) is 4.01. The van der Waals surface area contributed by atoms with Crippen LogP contribution in [0.2, 0.25) is 0 Å². The highest BCUT2D eigenvalue weighted by Crippen LogP contribution is 2.23. The van der Waals surface area contributed by atoms with Gasteiger partial charge in [0.2, 0.25) is 0 Å². The van der Waals surface area contributed by atoms with Crippen LogP contribution in [0, 0.1) is 6.92 Å². The fourth-order valence-electron chi connectivity index (χ4n) is 1.83. The van der Waals surface area contributed by atoms with Crippen LogP contribution in [0.3, 0.4) is 0 Å². The second-order valence-electron chi connectivity index (χ2n) is 4.23. The topological polar surface area (TPSA) is 51.2 Å². The number of thiazole rings is 1. The molecule has 0 saturated carbocycles. The average molecular weight is 275 g/mol. The number of nitrogens with zero attached hydrogens (tertiary/aromatic N) is 1. The molecule has 1 N–H and O–H groups in total. The monoisotopic (exact) mass is 274 g/mol. The van der Waals surface area contributed by atoms with Crippen molar-refractivity contribution in [1.29, 1.82) is 0 Å². The summed E-state index contributed by atoms with van der Waals surface area (Å²) in [6.07, 6.45) is 1.51. The molecular formula is C11H15ClN2O2S. The van der Waals surface area contributed by atoms with Gasteiger partial charge in [0, 0.05) is 24.5 Å². The van der Waals surface area contributed by atoms with Crippen LogP contribution in [0.25, 0.3) is 0 Å². The average Bonchev–Trinajstić information content (AvgIpc) is 2.77. The van der Waals surface area contributed by atoms with Crippen molar-refractivity contribution >= 4 is 28.8 Å². The minimum Gasteiger partial charge on any atom is -0.381 e. The smallest absolute Gasteiger partial charge is 0.271 e. The van der Waals surface area contributed by atoms with Crippen LogP contribution in [0.5, 0.6) is 0 Å². The predicted molar refractivity (Wildman–Crippen MR) is 67.8 cm³/mol. The first-order chi connectivity index (χ1) is 8.15. The number of carbonyl (C=O) groups excluding carboxylic acids is 1. The van der Waals surface area contributed by atoms with Crippen LogP contribution in [0.1, 0.15) is 28.3 Å². The number of carbonyl (C=O) groups is 1. The molecule has 1 amide bonds. The third-order valence-corrected chi connectivity index (χ3v) is 4.22. The molecule has 2 rings (SSSR count). The zero-order valence-corrected chi connectivity index (χ0v) is 11.2. The van der Waals surface area contributed by atoms with Gasteiger partial charge in [-0.05, 0) is 19.8 Å². The first-order valence-corrected chi connectivity index (χ1v) is 6.95. The highest BCUT2D eigenvalue weighted by Gasteiger charge is 2.33. The number of hydrogen-bond donors (Lipinski definition) is 1. The summed E-state index contributed by atoms with van der Waals surface area (Å²) in [5, 5.41) is 5.67. The van der Waals surface area contributed by atoms with Gasteiger partial charge in [0.05, 0.1) is 10.5 Å². The molecule has 0 aromatic carbocycles. The molecule has 1 aromatic heterocycles. The summed E-state index contributed by atoms with van der Waals surface area (Å²) < 4.78 is 5.29. The molecule has 6 heteroatoms. The van der Waals surface area contributed by atoms with Crippen LogP contribution in [-0.4, -0.2) is 35.5 Å². The van der Waals surface area contributed by atoms with Crippen molar-refractivity contribution in [3.05, 3.63) is 16.1 Å². The van der Waals surface area contributed by atoms with Crippen molar-refractivity contribution in [2.75, 3.05) is 19.1 Å². The van der Waals surface area contributed by atoms with Gasteiger partial charge < -0.3 is 10.1 Å². The van der Waals surface area contributed by atoms with E-state index in [4.69, 9.17) is 16.3 Å². The van der Waals surface area contributed by atoms with Crippen LogP contribution in [0.15, 0.2) is 5.38 Å². The van der Waals surface area contributed by atoms with Crippen LogP contribution >= 0.6 is 22.9 Å². The van der Waals surface area contributed by atoms with Crippen molar-refractivity contribution in [2.24, 2.45) is 0 Å². The molecule has 94 valence electrons. The molecule has 1 aliphatic heterocycles. The van der Waals surface area contributed by atoms with E-state index in [-0.39, 0.29) is 11.4 Å². The quantitative estimate of drug-likeness (QED) is 0.858. The van der Waals surface area contributed by atoms with Gasteiger partial charge in [0.15, 0.2) is 0 Å². The molecule has 17 heavy (non-hydrogen) atoms. The van der Waals surface area contributed by atoms with Crippen LogP contribution in [0.4, 0.5) is 0 Å². The lowest BCUT2D eigenvalue weighted by molar-refractivity contribution is 0.0432. The molecule has 0 atom stereocenters. The number of amides is 1. The first-order valence-electron chi connectivity index (χ1n) is 5.54. The van der Waals surface area contributed by atoms with Crippen LogP contribution < -0.4 is 5.32 Å². The lowest BCUT2D eigenvalue weighted by atomic mass is 9.92. The normalized spacial score (nSPS) is 18.9. The molecule has 1 aliphatic rings. The number of nitrogens with one attached hydrogen (secondary N) is 1. The van der Waals surface area contributed by atoms with E-state index in [9.17, 15) is 4.79 Å². The van der Waals surface area contributed by atoms with Gasteiger partial charge >= 0.3 is 0 Å². The summed E-state index contributed by atoms with van der Waals surface area (Å²) in [7, 11) is 0. The second kappa shape index (κ2) is 5.33. The van der Waals surface area contributed by atoms with E-state index in [1.165, 1.54) is 11.3 Å². The van der Waals surface area contributed by atoms with Gasteiger partial charge in [0.25, 0.3) is 5.91 Å². The van der Waals surface area contributed by atoms with Gasteiger partial charge in [-0.1, -0.05) is 0 Å². The molecule has 0 spiro atoms. The number of aryl methyl sites for hydroxylation is 1. The van der Waals surface area contributed by atoms with Gasteiger partial charge in [-0.15, -0.1) is 22.9 Å². The Morgan fingerprint density at radius 1 is 1.65 bits per heavy atom. The van der Waals surface area contributed by atoms with Crippen molar-refractivity contribution in [3.8, 4) is 0 Å². The van der Waals surface area contributed by atoms with E-state index < -0.39 is 0 Å². The Morgan fingerprint density at radius 2 is 2.35 bits per heavy atom. The molecule has 0 unspecified atom stereocenters. The Labute approximate surface area is 109 Å². The standard InChI is InChI=1S/C11H15ClN2O2S/c1-8-13-9(6-17-8)10(15)14-11(7-12)2-4-16-5-3-11/h6H,2-5,7H2,1H3,(H,14,15). The summed E-state index contributed by atoms with van der Waals surface area (Å²) in [5.74, 6) is 0.266. The molecule has 0 radical (unpaired) electrons. The number of aromatic nitrogens is 1. The fourth-order valence-corrected chi connectivity index (χ4v) is 2.75. The van der Waals surface area contributed by atoms with E-state index >= 15 is 0 Å². The number of hydrogen-bond acceptors (Lipinski definition) is 4. The summed E-state index contributed by atoms with van der Waals surface area (Å²) in [5.41, 5.74) is 0.137. The highest BCUT2D eigenvalue weighted by atomic mass is 35.5. The minimum atomic E-state index is -0.339. The van der Waals surface area contributed by atoms with Crippen molar-refractivity contribution in [1.82, 2.24) is 10.3 Å². The predicted octanol–water partition coefficient (Wildman–Crippen LogP) is 1.97. The van der Waals surface area contributed by atoms with Gasteiger partial charge in [-0.25, -0.2) is 4.98 Å². The zero-order valence-electron chi connectivity index (χ0n) is 9.66. The molecule has 1 fully saturated rings. The lowest BCUT2D eigenvalue weighted by Crippen LogP contribution is -2.53. The zero-order chi connectivity index (χ0) is 12.3. The summed E-state index contributed by atoms with van der Waals surface area (Å²) in [6.45, 7) is 3.17. The van der Waals surface area contributed by atoms with E-state index in [0.29, 0.717) is 24.8 Å². The maximum absolute atomic E-state index is 12.0. The number of rotatable bonds is 3. The maximum atomic E-state index is 12.0. The molecule has 1 aromatic rings. The molecule has 4 nitrogen and oxygen atoms in total. The highest BCUT2D eigenvalue weighted by molar-refractivity contribution is 7.09. The van der Waals surface area contributed by atoms with Gasteiger partial charge in [-0.3, -0.25) is 4.79 Å². The third kappa shape index (κ3) is 2.97. The Morgan fingerprint density at radius 3 is 2.88 bits per heavy atom. The van der Waals surface area contributed by atoms with Crippen molar-refractivity contribution < 1.29 is 9.53 Å². The molecule has 0 bridgehead atoms.